The third-order valence-electron chi connectivity index (χ3n) is 2.63. The lowest BCUT2D eigenvalue weighted by Gasteiger charge is -2.09. The lowest BCUT2D eigenvalue weighted by molar-refractivity contribution is 0.0527. The summed E-state index contributed by atoms with van der Waals surface area (Å²) in [6.45, 7) is -0.757. The SMILES string of the molecule is O=C(Nc1cc(NC(=O)c2c(Cl)cccc2Cl)ccn1)OCO. The second-order valence-electron chi connectivity index (χ2n) is 4.17. The number of amides is 2. The van der Waals surface area contributed by atoms with E-state index in [1.807, 2.05) is 0 Å². The Morgan fingerprint density at radius 2 is 1.87 bits per heavy atom. The normalized spacial score (nSPS) is 10.0. The topological polar surface area (TPSA) is 101 Å². The molecule has 9 heteroatoms. The van der Waals surface area contributed by atoms with Crippen molar-refractivity contribution in [2.75, 3.05) is 17.4 Å². The van der Waals surface area contributed by atoms with Crippen molar-refractivity contribution in [1.29, 1.82) is 0 Å². The number of nitrogens with one attached hydrogen (secondary N) is 2. The first-order valence-electron chi connectivity index (χ1n) is 6.27. The van der Waals surface area contributed by atoms with Crippen LogP contribution in [0.2, 0.25) is 10.0 Å². The van der Waals surface area contributed by atoms with Crippen molar-refractivity contribution in [2.45, 2.75) is 0 Å². The number of pyridine rings is 1. The Morgan fingerprint density at radius 3 is 2.52 bits per heavy atom. The summed E-state index contributed by atoms with van der Waals surface area (Å²) in [4.78, 5) is 27.3. The highest BCUT2D eigenvalue weighted by Crippen LogP contribution is 2.25. The summed E-state index contributed by atoms with van der Waals surface area (Å²) in [5, 5.41) is 13.8. The van der Waals surface area contributed by atoms with Crippen LogP contribution in [0, 0.1) is 0 Å². The van der Waals surface area contributed by atoms with Gasteiger partial charge in [-0.1, -0.05) is 29.3 Å². The number of hydrogen-bond acceptors (Lipinski definition) is 5. The number of aliphatic hydroxyl groups excluding tert-OH is 1. The van der Waals surface area contributed by atoms with E-state index in [4.69, 9.17) is 28.3 Å². The van der Waals surface area contributed by atoms with Crippen molar-refractivity contribution < 1.29 is 19.4 Å². The highest BCUT2D eigenvalue weighted by atomic mass is 35.5. The molecule has 0 radical (unpaired) electrons. The molecule has 1 aromatic carbocycles. The smallest absolute Gasteiger partial charge is 0.414 e. The summed E-state index contributed by atoms with van der Waals surface area (Å²) in [7, 11) is 0. The van der Waals surface area contributed by atoms with Crippen LogP contribution in [0.5, 0.6) is 0 Å². The summed E-state index contributed by atoms with van der Waals surface area (Å²) in [5.74, 6) is -0.373. The molecular formula is C14H11Cl2N3O4. The third kappa shape index (κ3) is 4.56. The van der Waals surface area contributed by atoms with Crippen LogP contribution in [0.1, 0.15) is 10.4 Å². The number of carbonyl (C=O) groups excluding carboxylic acids is 2. The van der Waals surface area contributed by atoms with Crippen LogP contribution in [-0.2, 0) is 4.74 Å². The zero-order valence-corrected chi connectivity index (χ0v) is 13.1. The van der Waals surface area contributed by atoms with Gasteiger partial charge in [-0.3, -0.25) is 10.1 Å². The van der Waals surface area contributed by atoms with Gasteiger partial charge in [-0.2, -0.15) is 0 Å². The monoisotopic (exact) mass is 355 g/mol. The zero-order chi connectivity index (χ0) is 16.8. The van der Waals surface area contributed by atoms with Gasteiger partial charge < -0.3 is 15.2 Å². The fourth-order valence-electron chi connectivity index (χ4n) is 1.68. The second-order valence-corrected chi connectivity index (χ2v) is 4.98. The summed E-state index contributed by atoms with van der Waals surface area (Å²) < 4.78 is 4.31. The van der Waals surface area contributed by atoms with E-state index in [0.717, 1.165) is 0 Å². The first-order chi connectivity index (χ1) is 11.0. The number of nitrogens with zero attached hydrogens (tertiary/aromatic N) is 1. The van der Waals surface area contributed by atoms with E-state index < -0.39 is 18.8 Å². The Hall–Kier alpha value is -2.35. The molecule has 2 rings (SSSR count). The third-order valence-corrected chi connectivity index (χ3v) is 3.26. The number of ether oxygens (including phenoxy) is 1. The van der Waals surface area contributed by atoms with Gasteiger partial charge in [-0.25, -0.2) is 9.78 Å². The molecule has 1 aromatic heterocycles. The highest BCUT2D eigenvalue weighted by Gasteiger charge is 2.15. The van der Waals surface area contributed by atoms with E-state index in [0.29, 0.717) is 5.69 Å². The Bertz CT molecular complexity index is 719. The fraction of sp³-hybridized carbons (Fsp3) is 0.0714. The lowest BCUT2D eigenvalue weighted by Crippen LogP contribution is -2.16. The maximum Gasteiger partial charge on any atom is 0.414 e. The van der Waals surface area contributed by atoms with Crippen LogP contribution in [0.25, 0.3) is 0 Å². The first-order valence-corrected chi connectivity index (χ1v) is 7.03. The van der Waals surface area contributed by atoms with Gasteiger partial charge in [0.25, 0.3) is 5.91 Å². The molecular weight excluding hydrogens is 345 g/mol. The molecule has 2 aromatic rings. The van der Waals surface area contributed by atoms with Gasteiger partial charge >= 0.3 is 6.09 Å². The van der Waals surface area contributed by atoms with Gasteiger partial charge in [0.2, 0.25) is 0 Å². The molecule has 7 nitrogen and oxygen atoms in total. The highest BCUT2D eigenvalue weighted by molar-refractivity contribution is 6.40. The van der Waals surface area contributed by atoms with E-state index in [-0.39, 0.29) is 21.4 Å². The Balaban J connectivity index is 2.14. The molecule has 0 saturated heterocycles. The van der Waals surface area contributed by atoms with Gasteiger partial charge in [-0.05, 0) is 18.2 Å². The minimum atomic E-state index is -0.877. The molecule has 0 unspecified atom stereocenters. The van der Waals surface area contributed by atoms with Gasteiger partial charge in [0.1, 0.15) is 5.82 Å². The number of benzene rings is 1. The predicted molar refractivity (Wildman–Crippen MR) is 85.8 cm³/mol. The van der Waals surface area contributed by atoms with Gasteiger partial charge in [-0.15, -0.1) is 0 Å². The quantitative estimate of drug-likeness (QED) is 0.731. The summed E-state index contributed by atoms with van der Waals surface area (Å²) in [5.41, 5.74) is 0.502. The van der Waals surface area contributed by atoms with Crippen LogP contribution in [0.4, 0.5) is 16.3 Å². The van der Waals surface area contributed by atoms with Gasteiger partial charge in [0.15, 0.2) is 6.79 Å². The number of rotatable bonds is 4. The second kappa shape index (κ2) is 7.77. The minimum absolute atomic E-state index is 0.131. The van der Waals surface area contributed by atoms with E-state index in [2.05, 4.69) is 20.4 Å². The number of carbonyl (C=O) groups is 2. The predicted octanol–water partition coefficient (Wildman–Crippen LogP) is 3.14. The first kappa shape index (κ1) is 17.0. The fourth-order valence-corrected chi connectivity index (χ4v) is 2.25. The van der Waals surface area contributed by atoms with E-state index >= 15 is 0 Å². The van der Waals surface area contributed by atoms with Crippen LogP contribution >= 0.6 is 23.2 Å². The molecule has 23 heavy (non-hydrogen) atoms. The molecule has 2 amide bonds. The Labute approximate surface area is 141 Å². The van der Waals surface area contributed by atoms with Gasteiger partial charge in [0, 0.05) is 18.0 Å². The number of anilines is 2. The number of aliphatic hydroxyl groups is 1. The Kier molecular flexibility index (Phi) is 5.75. The van der Waals surface area contributed by atoms with Crippen molar-refractivity contribution in [3.05, 3.63) is 52.1 Å². The molecule has 0 aliphatic rings. The number of hydrogen-bond donors (Lipinski definition) is 3. The van der Waals surface area contributed by atoms with Crippen LogP contribution in [0.3, 0.4) is 0 Å². The van der Waals surface area contributed by atoms with Gasteiger partial charge in [0.05, 0.1) is 15.6 Å². The number of aromatic nitrogens is 1. The molecule has 0 atom stereocenters. The van der Waals surface area contributed by atoms with E-state index in [9.17, 15) is 9.59 Å². The molecule has 0 aliphatic carbocycles. The van der Waals surface area contributed by atoms with Crippen molar-refractivity contribution in [2.24, 2.45) is 0 Å². The summed E-state index contributed by atoms with van der Waals surface area (Å²) in [6.07, 6.45) is 0.496. The molecule has 0 aliphatic heterocycles. The minimum Gasteiger partial charge on any atom is -0.422 e. The largest absolute Gasteiger partial charge is 0.422 e. The number of halogens is 2. The van der Waals surface area contributed by atoms with Crippen LogP contribution in [-0.4, -0.2) is 28.9 Å². The van der Waals surface area contributed by atoms with Crippen molar-refractivity contribution >= 4 is 46.7 Å². The summed E-state index contributed by atoms with van der Waals surface area (Å²) in [6, 6.07) is 7.65. The van der Waals surface area contributed by atoms with E-state index in [1.165, 1.54) is 18.3 Å². The average molecular weight is 356 g/mol. The molecule has 0 saturated carbocycles. The molecule has 1 heterocycles. The lowest BCUT2D eigenvalue weighted by atomic mass is 10.2. The molecule has 3 N–H and O–H groups in total. The maximum atomic E-state index is 12.2. The van der Waals surface area contributed by atoms with Crippen LogP contribution < -0.4 is 10.6 Å². The zero-order valence-electron chi connectivity index (χ0n) is 11.5. The summed E-state index contributed by atoms with van der Waals surface area (Å²) >= 11 is 11.9. The van der Waals surface area contributed by atoms with E-state index in [1.54, 1.807) is 18.2 Å². The average Bonchev–Trinajstić information content (AvgIpc) is 2.47. The van der Waals surface area contributed by atoms with Crippen LogP contribution in [0.15, 0.2) is 36.5 Å². The Morgan fingerprint density at radius 1 is 1.17 bits per heavy atom. The molecule has 120 valence electrons. The van der Waals surface area contributed by atoms with Crippen molar-refractivity contribution in [1.82, 2.24) is 4.98 Å². The maximum absolute atomic E-state index is 12.2. The molecule has 0 spiro atoms. The standard InChI is InChI=1S/C14H11Cl2N3O4/c15-9-2-1-3-10(16)12(9)13(21)18-8-4-5-17-11(6-8)19-14(22)23-7-20/h1-6,20H,7H2,(H2,17,18,19,21,22). The molecule has 0 bridgehead atoms. The van der Waals surface area contributed by atoms with Crippen molar-refractivity contribution in [3.63, 3.8) is 0 Å². The molecule has 0 fully saturated rings. The van der Waals surface area contributed by atoms with Crippen molar-refractivity contribution in [3.8, 4) is 0 Å².